The Labute approximate surface area is 170 Å². The molecule has 2 aliphatic carbocycles. The van der Waals surface area contributed by atoms with Crippen molar-refractivity contribution in [3.8, 4) is 11.1 Å². The molecule has 0 spiro atoms. The Morgan fingerprint density at radius 3 is 2.21 bits per heavy atom. The molecule has 146 valence electrons. The predicted octanol–water partition coefficient (Wildman–Crippen LogP) is 4.84. The van der Waals surface area contributed by atoms with E-state index in [0.29, 0.717) is 12.0 Å². The molecule has 0 amide bonds. The summed E-state index contributed by atoms with van der Waals surface area (Å²) in [6.45, 7) is 0. The molecule has 0 aliphatic heterocycles. The van der Waals surface area contributed by atoms with Crippen molar-refractivity contribution in [2.45, 2.75) is 38.1 Å². The molecule has 0 saturated heterocycles. The van der Waals surface area contributed by atoms with E-state index < -0.39 is 0 Å². The van der Waals surface area contributed by atoms with Gasteiger partial charge in [-0.3, -0.25) is 4.98 Å². The minimum absolute atomic E-state index is 0.583. The van der Waals surface area contributed by atoms with Crippen LogP contribution < -0.4 is 16.0 Å². The molecule has 6 heteroatoms. The lowest BCUT2D eigenvalue weighted by atomic mass is 9.90. The summed E-state index contributed by atoms with van der Waals surface area (Å²) in [6, 6.07) is 14.8. The average molecular weight is 384 g/mol. The van der Waals surface area contributed by atoms with Crippen molar-refractivity contribution in [2.24, 2.45) is 0 Å². The minimum atomic E-state index is 0.583. The number of pyridine rings is 1. The second kappa shape index (κ2) is 7.91. The normalized spacial score (nSPS) is 16.0. The van der Waals surface area contributed by atoms with Gasteiger partial charge in [0.25, 0.3) is 0 Å². The average Bonchev–Trinajstić information content (AvgIpc) is 2.72. The molecule has 2 aliphatic rings. The summed E-state index contributed by atoms with van der Waals surface area (Å²) in [7, 11) is 0. The lowest BCUT2D eigenvalue weighted by molar-refractivity contribution is 0.353. The fraction of sp³-hybridized carbons (Fsp3) is 0.261. The summed E-state index contributed by atoms with van der Waals surface area (Å²) in [5, 5.41) is 10.4. The minimum Gasteiger partial charge on any atom is -0.384 e. The van der Waals surface area contributed by atoms with Crippen molar-refractivity contribution in [3.63, 3.8) is 0 Å². The van der Waals surface area contributed by atoms with E-state index in [-0.39, 0.29) is 0 Å². The van der Waals surface area contributed by atoms with Gasteiger partial charge >= 0.3 is 0 Å². The first kappa shape index (κ1) is 17.7. The Bertz CT molecular complexity index is 1010. The molecule has 0 unspecified atom stereocenters. The summed E-state index contributed by atoms with van der Waals surface area (Å²) < 4.78 is 0. The zero-order valence-electron chi connectivity index (χ0n) is 16.2. The van der Waals surface area contributed by atoms with Gasteiger partial charge in [-0.1, -0.05) is 12.1 Å². The standard InChI is InChI=1S/C23H24N6/c1-2-18(3-1)26-20-8-9-21(20)28-22-12-15-25-23(29-22)27-19-6-4-16(5-7-19)17-10-13-24-14-11-17/h4-7,10-15,18,26H,1-3,8-9H2,(H2,25,27,28,29). The smallest absolute Gasteiger partial charge is 0.229 e. The van der Waals surface area contributed by atoms with Crippen LogP contribution in [-0.2, 0) is 0 Å². The molecule has 3 N–H and O–H groups in total. The van der Waals surface area contributed by atoms with Crippen LogP contribution in [0.2, 0.25) is 0 Å². The Morgan fingerprint density at radius 2 is 1.52 bits per heavy atom. The molecule has 6 nitrogen and oxygen atoms in total. The van der Waals surface area contributed by atoms with Gasteiger partial charge in [-0.25, -0.2) is 4.98 Å². The number of rotatable bonds is 7. The van der Waals surface area contributed by atoms with Crippen molar-refractivity contribution in [2.75, 3.05) is 10.6 Å². The second-order valence-electron chi connectivity index (χ2n) is 7.56. The molecule has 0 bridgehead atoms. The van der Waals surface area contributed by atoms with E-state index >= 15 is 0 Å². The summed E-state index contributed by atoms with van der Waals surface area (Å²) in [6.07, 6.45) is 11.5. The van der Waals surface area contributed by atoms with Crippen molar-refractivity contribution >= 4 is 17.5 Å². The van der Waals surface area contributed by atoms with Crippen molar-refractivity contribution in [1.82, 2.24) is 20.3 Å². The molecule has 2 aromatic heterocycles. The summed E-state index contributed by atoms with van der Waals surface area (Å²) in [5.41, 5.74) is 5.85. The van der Waals surface area contributed by atoms with Gasteiger partial charge in [-0.15, -0.1) is 0 Å². The Hall–Kier alpha value is -3.41. The molecule has 1 saturated carbocycles. The van der Waals surface area contributed by atoms with Crippen LogP contribution >= 0.6 is 0 Å². The maximum atomic E-state index is 4.61. The third-order valence-electron chi connectivity index (χ3n) is 5.56. The van der Waals surface area contributed by atoms with Crippen LogP contribution in [0, 0.1) is 0 Å². The fourth-order valence-corrected chi connectivity index (χ4v) is 3.53. The van der Waals surface area contributed by atoms with Crippen LogP contribution in [0.25, 0.3) is 11.1 Å². The maximum Gasteiger partial charge on any atom is 0.229 e. The van der Waals surface area contributed by atoms with E-state index in [9.17, 15) is 0 Å². The molecule has 1 aromatic carbocycles. The SMILES string of the molecule is c1cc(-c2ccc(Nc3nccc(NC4=C(NC5CCC5)CC4)n3)cc2)ccn1. The van der Waals surface area contributed by atoms with Crippen LogP contribution in [0.3, 0.4) is 0 Å². The predicted molar refractivity (Wildman–Crippen MR) is 116 cm³/mol. The monoisotopic (exact) mass is 384 g/mol. The number of hydrogen-bond acceptors (Lipinski definition) is 6. The van der Waals surface area contributed by atoms with Crippen molar-refractivity contribution in [3.05, 3.63) is 72.4 Å². The summed E-state index contributed by atoms with van der Waals surface area (Å²) >= 11 is 0. The molecular formula is C23H24N6. The molecule has 1 fully saturated rings. The van der Waals surface area contributed by atoms with E-state index in [0.717, 1.165) is 35.5 Å². The summed E-state index contributed by atoms with van der Waals surface area (Å²) in [4.78, 5) is 13.0. The van der Waals surface area contributed by atoms with Gasteiger partial charge in [0.2, 0.25) is 5.95 Å². The highest BCUT2D eigenvalue weighted by Gasteiger charge is 2.24. The molecule has 0 atom stereocenters. The van der Waals surface area contributed by atoms with Crippen LogP contribution in [-0.4, -0.2) is 21.0 Å². The third-order valence-corrected chi connectivity index (χ3v) is 5.56. The number of nitrogens with one attached hydrogen (secondary N) is 3. The number of nitrogens with zero attached hydrogens (tertiary/aromatic N) is 3. The quantitative estimate of drug-likeness (QED) is 0.541. The first-order valence-corrected chi connectivity index (χ1v) is 10.2. The molecule has 5 rings (SSSR count). The van der Waals surface area contributed by atoms with Crippen LogP contribution in [0.4, 0.5) is 17.5 Å². The molecular weight excluding hydrogens is 360 g/mol. The lowest BCUT2D eigenvalue weighted by Crippen LogP contribution is -2.38. The van der Waals surface area contributed by atoms with Gasteiger partial charge in [0.05, 0.1) is 0 Å². The molecule has 0 radical (unpaired) electrons. The number of anilines is 3. The van der Waals surface area contributed by atoms with Crippen molar-refractivity contribution < 1.29 is 0 Å². The Kier molecular flexibility index (Phi) is 4.82. The van der Waals surface area contributed by atoms with E-state index in [1.165, 1.54) is 30.7 Å². The fourth-order valence-electron chi connectivity index (χ4n) is 3.53. The third kappa shape index (κ3) is 4.06. The zero-order valence-corrected chi connectivity index (χ0v) is 16.2. The Morgan fingerprint density at radius 1 is 0.759 bits per heavy atom. The van der Waals surface area contributed by atoms with Crippen molar-refractivity contribution in [1.29, 1.82) is 0 Å². The first-order valence-electron chi connectivity index (χ1n) is 10.2. The maximum absolute atomic E-state index is 4.61. The molecule has 3 aromatic rings. The van der Waals surface area contributed by atoms with Gasteiger partial charge in [-0.05, 0) is 73.6 Å². The highest BCUT2D eigenvalue weighted by Crippen LogP contribution is 2.30. The van der Waals surface area contributed by atoms with Gasteiger partial charge in [-0.2, -0.15) is 4.98 Å². The topological polar surface area (TPSA) is 74.8 Å². The van der Waals surface area contributed by atoms with E-state index in [4.69, 9.17) is 0 Å². The van der Waals surface area contributed by atoms with Crippen LogP contribution in [0.5, 0.6) is 0 Å². The van der Waals surface area contributed by atoms with Crippen LogP contribution in [0.1, 0.15) is 32.1 Å². The molecule has 29 heavy (non-hydrogen) atoms. The van der Waals surface area contributed by atoms with Gasteiger partial charge in [0, 0.05) is 41.7 Å². The van der Waals surface area contributed by atoms with Gasteiger partial charge in [0.1, 0.15) is 5.82 Å². The molecule has 2 heterocycles. The zero-order chi connectivity index (χ0) is 19.5. The number of hydrogen-bond donors (Lipinski definition) is 3. The van der Waals surface area contributed by atoms with E-state index in [2.05, 4.69) is 43.0 Å². The first-order chi connectivity index (χ1) is 14.3. The summed E-state index contributed by atoms with van der Waals surface area (Å²) in [5.74, 6) is 1.40. The largest absolute Gasteiger partial charge is 0.384 e. The number of benzene rings is 1. The van der Waals surface area contributed by atoms with Gasteiger partial charge < -0.3 is 16.0 Å². The van der Waals surface area contributed by atoms with Gasteiger partial charge in [0.15, 0.2) is 0 Å². The highest BCUT2D eigenvalue weighted by molar-refractivity contribution is 5.67. The Balaban J connectivity index is 1.25. The lowest BCUT2D eigenvalue weighted by Gasteiger charge is -2.34. The number of aromatic nitrogens is 3. The van der Waals surface area contributed by atoms with E-state index in [1.807, 2.05) is 30.3 Å². The van der Waals surface area contributed by atoms with E-state index in [1.54, 1.807) is 18.6 Å². The second-order valence-corrected chi connectivity index (χ2v) is 7.56. The van der Waals surface area contributed by atoms with Crippen LogP contribution in [0.15, 0.2) is 72.4 Å². The number of allylic oxidation sites excluding steroid dienone is 2. The highest BCUT2D eigenvalue weighted by atomic mass is 15.1.